The summed E-state index contributed by atoms with van der Waals surface area (Å²) < 4.78 is 0. The van der Waals surface area contributed by atoms with Gasteiger partial charge in [0, 0.05) is 17.1 Å². The van der Waals surface area contributed by atoms with Crippen molar-refractivity contribution in [2.45, 2.75) is 57.8 Å². The lowest BCUT2D eigenvalue weighted by molar-refractivity contribution is -0.143. The van der Waals surface area contributed by atoms with Crippen LogP contribution in [0.2, 0.25) is 0 Å². The van der Waals surface area contributed by atoms with E-state index >= 15 is 0 Å². The monoisotopic (exact) mass is 475 g/mol. The number of carbonyl (C=O) groups excluding carboxylic acids is 3. The number of rotatable bonds is 12. The molecule has 2 aromatic rings. The zero-order chi connectivity index (χ0) is 25.4. The van der Waals surface area contributed by atoms with Crippen LogP contribution in [0.4, 0.5) is 0 Å². The number of carbonyl (C=O) groups is 4. The second kappa shape index (κ2) is 12.1. The molecule has 34 heavy (non-hydrogen) atoms. The van der Waals surface area contributed by atoms with Crippen LogP contribution in [0.25, 0.3) is 10.9 Å². The van der Waals surface area contributed by atoms with E-state index in [1.54, 1.807) is 6.20 Å². The minimum absolute atomic E-state index is 0.0517. The number of fused-ring (bicyclic) bond motifs is 1. The third-order valence-electron chi connectivity index (χ3n) is 5.34. The van der Waals surface area contributed by atoms with Gasteiger partial charge in [-0.2, -0.15) is 0 Å². The number of hydrogen-bond donors (Lipinski definition) is 7. The summed E-state index contributed by atoms with van der Waals surface area (Å²) >= 11 is 0. The van der Waals surface area contributed by atoms with Crippen LogP contribution in [0.1, 0.15) is 32.8 Å². The Hall–Kier alpha value is -3.44. The van der Waals surface area contributed by atoms with Crippen molar-refractivity contribution < 1.29 is 29.4 Å². The van der Waals surface area contributed by atoms with Crippen LogP contribution < -0.4 is 21.7 Å². The predicted molar refractivity (Wildman–Crippen MR) is 126 cm³/mol. The molecule has 4 atom stereocenters. The maximum atomic E-state index is 12.8. The van der Waals surface area contributed by atoms with Gasteiger partial charge in [0.2, 0.25) is 17.7 Å². The van der Waals surface area contributed by atoms with Crippen molar-refractivity contribution in [3.63, 3.8) is 0 Å². The van der Waals surface area contributed by atoms with Gasteiger partial charge >= 0.3 is 5.97 Å². The summed E-state index contributed by atoms with van der Waals surface area (Å²) in [5.74, 6) is -3.23. The predicted octanol–water partition coefficient (Wildman–Crippen LogP) is -0.365. The normalized spacial score (nSPS) is 14.8. The minimum atomic E-state index is -1.49. The number of nitrogens with one attached hydrogen (secondary N) is 4. The Balaban J connectivity index is 2.01. The SMILES string of the molecule is CC(C)CC(NC(=O)C(N)Cc1c[nH]c2ccccc12)C(=O)NC(C)C(=O)NC(CO)C(=O)O. The van der Waals surface area contributed by atoms with Crippen LogP contribution in [0.3, 0.4) is 0 Å². The van der Waals surface area contributed by atoms with Gasteiger partial charge in [0.15, 0.2) is 0 Å². The topological polar surface area (TPSA) is 187 Å². The molecule has 0 aliphatic carbocycles. The van der Waals surface area contributed by atoms with Gasteiger partial charge in [0.05, 0.1) is 12.6 Å². The number of H-pyrrole nitrogens is 1. The fourth-order valence-corrected chi connectivity index (χ4v) is 3.47. The van der Waals surface area contributed by atoms with E-state index < -0.39 is 54.5 Å². The van der Waals surface area contributed by atoms with Crippen molar-refractivity contribution in [1.29, 1.82) is 0 Å². The lowest BCUT2D eigenvalue weighted by Crippen LogP contribution is -2.57. The average molecular weight is 476 g/mol. The van der Waals surface area contributed by atoms with Gasteiger partial charge in [-0.1, -0.05) is 32.0 Å². The maximum absolute atomic E-state index is 12.8. The van der Waals surface area contributed by atoms with Gasteiger partial charge in [0.25, 0.3) is 0 Å². The first-order valence-electron chi connectivity index (χ1n) is 11.1. The molecule has 0 fully saturated rings. The number of aromatic nitrogens is 1. The molecule has 2 rings (SSSR count). The summed E-state index contributed by atoms with van der Waals surface area (Å²) in [5, 5.41) is 26.3. The molecule has 0 aliphatic heterocycles. The Labute approximate surface area is 197 Å². The highest BCUT2D eigenvalue weighted by Gasteiger charge is 2.28. The van der Waals surface area contributed by atoms with Crippen molar-refractivity contribution in [3.05, 3.63) is 36.0 Å². The van der Waals surface area contributed by atoms with Crippen LogP contribution in [0, 0.1) is 5.92 Å². The zero-order valence-corrected chi connectivity index (χ0v) is 19.5. The van der Waals surface area contributed by atoms with Crippen molar-refractivity contribution in [2.75, 3.05) is 6.61 Å². The Morgan fingerprint density at radius 2 is 1.62 bits per heavy atom. The smallest absolute Gasteiger partial charge is 0.328 e. The van der Waals surface area contributed by atoms with E-state index in [1.807, 2.05) is 38.1 Å². The molecule has 3 amide bonds. The number of amides is 3. The second-order valence-corrected chi connectivity index (χ2v) is 8.67. The highest BCUT2D eigenvalue weighted by Crippen LogP contribution is 2.19. The number of aliphatic carboxylic acids is 1. The number of aliphatic hydroxyl groups excluding tert-OH is 1. The van der Waals surface area contributed by atoms with Gasteiger partial charge < -0.3 is 36.9 Å². The highest BCUT2D eigenvalue weighted by molar-refractivity contribution is 5.94. The number of benzene rings is 1. The molecule has 11 nitrogen and oxygen atoms in total. The Morgan fingerprint density at radius 3 is 2.24 bits per heavy atom. The summed E-state index contributed by atoms with van der Waals surface area (Å²) in [6, 6.07) is 3.23. The van der Waals surface area contributed by atoms with Gasteiger partial charge in [0.1, 0.15) is 18.1 Å². The summed E-state index contributed by atoms with van der Waals surface area (Å²) in [6.45, 7) is 4.35. The molecule has 8 N–H and O–H groups in total. The number of hydrogen-bond acceptors (Lipinski definition) is 6. The van der Waals surface area contributed by atoms with Crippen molar-refractivity contribution >= 4 is 34.6 Å². The molecule has 1 aromatic carbocycles. The van der Waals surface area contributed by atoms with Crippen molar-refractivity contribution in [3.8, 4) is 0 Å². The van der Waals surface area contributed by atoms with Gasteiger partial charge in [-0.25, -0.2) is 4.79 Å². The molecule has 0 saturated carbocycles. The highest BCUT2D eigenvalue weighted by atomic mass is 16.4. The van der Waals surface area contributed by atoms with Crippen LogP contribution in [-0.2, 0) is 25.6 Å². The molecule has 0 bridgehead atoms. The molecular formula is C23H33N5O6. The van der Waals surface area contributed by atoms with Crippen LogP contribution >= 0.6 is 0 Å². The number of carboxylic acid groups (broad SMARTS) is 1. The summed E-state index contributed by atoms with van der Waals surface area (Å²) in [4.78, 5) is 51.9. The lowest BCUT2D eigenvalue weighted by atomic mass is 10.0. The largest absolute Gasteiger partial charge is 0.480 e. The molecule has 0 radical (unpaired) electrons. The molecule has 4 unspecified atom stereocenters. The molecule has 186 valence electrons. The van der Waals surface area contributed by atoms with E-state index in [-0.39, 0.29) is 12.3 Å². The van der Waals surface area contributed by atoms with Gasteiger partial charge in [-0.15, -0.1) is 0 Å². The zero-order valence-electron chi connectivity index (χ0n) is 19.5. The number of para-hydroxylation sites is 1. The molecule has 0 saturated heterocycles. The van der Waals surface area contributed by atoms with E-state index in [0.29, 0.717) is 6.42 Å². The van der Waals surface area contributed by atoms with E-state index in [2.05, 4.69) is 20.9 Å². The average Bonchev–Trinajstić information content (AvgIpc) is 3.18. The van der Waals surface area contributed by atoms with E-state index in [0.717, 1.165) is 16.5 Å². The number of aliphatic hydroxyl groups is 1. The van der Waals surface area contributed by atoms with Crippen molar-refractivity contribution in [1.82, 2.24) is 20.9 Å². The van der Waals surface area contributed by atoms with Gasteiger partial charge in [-0.05, 0) is 37.3 Å². The third-order valence-corrected chi connectivity index (χ3v) is 5.34. The Morgan fingerprint density at radius 1 is 0.971 bits per heavy atom. The molecule has 0 spiro atoms. The Bertz CT molecular complexity index is 1020. The summed E-state index contributed by atoms with van der Waals surface area (Å²) in [5.41, 5.74) is 7.94. The fourth-order valence-electron chi connectivity index (χ4n) is 3.47. The first-order chi connectivity index (χ1) is 16.0. The molecule has 1 heterocycles. The van der Waals surface area contributed by atoms with Crippen LogP contribution in [-0.4, -0.2) is 69.7 Å². The number of carboxylic acids is 1. The van der Waals surface area contributed by atoms with Crippen LogP contribution in [0.15, 0.2) is 30.5 Å². The third kappa shape index (κ3) is 7.29. The fraction of sp³-hybridized carbons (Fsp3) is 0.478. The van der Waals surface area contributed by atoms with E-state index in [9.17, 15) is 19.2 Å². The summed E-state index contributed by atoms with van der Waals surface area (Å²) in [7, 11) is 0. The molecule has 0 aliphatic rings. The molecule has 11 heteroatoms. The van der Waals surface area contributed by atoms with E-state index in [4.69, 9.17) is 15.9 Å². The Kier molecular flexibility index (Phi) is 9.58. The first-order valence-corrected chi connectivity index (χ1v) is 11.1. The summed E-state index contributed by atoms with van der Waals surface area (Å²) in [6.07, 6.45) is 2.37. The van der Waals surface area contributed by atoms with E-state index in [1.165, 1.54) is 6.92 Å². The molecule has 1 aromatic heterocycles. The van der Waals surface area contributed by atoms with Crippen LogP contribution in [0.5, 0.6) is 0 Å². The van der Waals surface area contributed by atoms with Gasteiger partial charge in [-0.3, -0.25) is 14.4 Å². The lowest BCUT2D eigenvalue weighted by Gasteiger charge is -2.24. The second-order valence-electron chi connectivity index (χ2n) is 8.67. The number of nitrogens with two attached hydrogens (primary N) is 1. The molecular weight excluding hydrogens is 442 g/mol. The standard InChI is InChI=1S/C23H33N5O6/c1-12(2)8-18(22(32)26-13(3)20(30)28-19(11-29)23(33)34)27-21(31)16(24)9-14-10-25-17-7-5-4-6-15(14)17/h4-7,10,12-13,16,18-19,25,29H,8-9,11,24H2,1-3H3,(H,26,32)(H,27,31)(H,28,30)(H,33,34). The van der Waals surface area contributed by atoms with Crippen molar-refractivity contribution in [2.24, 2.45) is 11.7 Å². The quantitative estimate of drug-likeness (QED) is 0.218. The number of aromatic amines is 1. The first kappa shape index (κ1) is 26.8. The minimum Gasteiger partial charge on any atom is -0.480 e. The maximum Gasteiger partial charge on any atom is 0.328 e.